The molecule has 0 aromatic heterocycles. The van der Waals surface area contributed by atoms with Crippen molar-refractivity contribution in [3.05, 3.63) is 34.9 Å². The molecule has 0 spiro atoms. The maximum absolute atomic E-state index is 12.4. The molecule has 1 N–H and O–H groups in total. The first-order chi connectivity index (χ1) is 10.7. The topological polar surface area (TPSA) is 32.3 Å². The van der Waals surface area contributed by atoms with Crippen LogP contribution in [-0.4, -0.2) is 35.0 Å². The van der Waals surface area contributed by atoms with E-state index in [0.29, 0.717) is 28.7 Å². The van der Waals surface area contributed by atoms with Gasteiger partial charge in [-0.1, -0.05) is 18.0 Å². The summed E-state index contributed by atoms with van der Waals surface area (Å²) >= 11 is 5.89. The highest BCUT2D eigenvalue weighted by atomic mass is 35.5. The molecule has 4 rings (SSSR count). The Bertz CT molecular complexity index is 541. The van der Waals surface area contributed by atoms with E-state index in [1.54, 1.807) is 24.3 Å². The zero-order valence-corrected chi connectivity index (χ0v) is 13.6. The number of hydrogen-bond donors (Lipinski definition) is 1. The van der Waals surface area contributed by atoms with Crippen LogP contribution < -0.4 is 5.32 Å². The summed E-state index contributed by atoms with van der Waals surface area (Å²) in [5.74, 6) is 0.0413. The molecular formula is C18H23ClN2O. The van der Waals surface area contributed by atoms with E-state index in [1.807, 2.05) is 0 Å². The van der Waals surface area contributed by atoms with E-state index in [1.165, 1.54) is 32.1 Å². The van der Waals surface area contributed by atoms with Crippen LogP contribution in [0.1, 0.15) is 55.3 Å². The zero-order valence-electron chi connectivity index (χ0n) is 12.8. The molecule has 1 aromatic carbocycles. The Hall–Kier alpha value is -1.06. The lowest BCUT2D eigenvalue weighted by atomic mass is 9.81. The molecule has 1 saturated carbocycles. The molecule has 2 saturated heterocycles. The van der Waals surface area contributed by atoms with Crippen LogP contribution in [-0.2, 0) is 0 Å². The largest absolute Gasteiger partial charge is 0.349 e. The Morgan fingerprint density at radius 1 is 1.00 bits per heavy atom. The quantitative estimate of drug-likeness (QED) is 0.923. The Balaban J connectivity index is 1.41. The highest BCUT2D eigenvalue weighted by Gasteiger charge is 2.45. The van der Waals surface area contributed by atoms with Gasteiger partial charge in [-0.15, -0.1) is 0 Å². The lowest BCUT2D eigenvalue weighted by molar-refractivity contribution is 0.0175. The summed E-state index contributed by atoms with van der Waals surface area (Å²) in [6, 6.07) is 9.72. The summed E-state index contributed by atoms with van der Waals surface area (Å²) in [6.45, 7) is 0. The summed E-state index contributed by atoms with van der Waals surface area (Å²) < 4.78 is 0. The van der Waals surface area contributed by atoms with Gasteiger partial charge in [0.05, 0.1) is 0 Å². The van der Waals surface area contributed by atoms with Crippen molar-refractivity contribution >= 4 is 17.5 Å². The van der Waals surface area contributed by atoms with Crippen LogP contribution in [0.15, 0.2) is 24.3 Å². The Kier molecular flexibility index (Phi) is 3.87. The standard InChI is InChI=1S/C18H23ClN2O/c19-13-6-4-12(5-7-13)18(22)20-14-10-16-2-1-3-17(11-14)21(16)15-8-9-15/h4-7,14-17H,1-3,8-11H2,(H,20,22). The van der Waals surface area contributed by atoms with Crippen molar-refractivity contribution in [2.45, 2.75) is 69.1 Å². The lowest BCUT2D eigenvalue weighted by Crippen LogP contribution is -2.57. The molecule has 3 fully saturated rings. The van der Waals surface area contributed by atoms with E-state index in [0.717, 1.165) is 18.9 Å². The van der Waals surface area contributed by atoms with Gasteiger partial charge in [-0.25, -0.2) is 0 Å². The smallest absolute Gasteiger partial charge is 0.251 e. The van der Waals surface area contributed by atoms with E-state index >= 15 is 0 Å². The number of amides is 1. The number of hydrogen-bond acceptors (Lipinski definition) is 2. The van der Waals surface area contributed by atoms with Crippen molar-refractivity contribution < 1.29 is 4.79 Å². The third-order valence-electron chi connectivity index (χ3n) is 5.44. The fourth-order valence-corrected chi connectivity index (χ4v) is 4.50. The molecule has 0 radical (unpaired) electrons. The van der Waals surface area contributed by atoms with Gasteiger partial charge in [0, 0.05) is 34.8 Å². The normalized spacial score (nSPS) is 31.8. The predicted octanol–water partition coefficient (Wildman–Crippen LogP) is 3.62. The number of nitrogens with one attached hydrogen (secondary N) is 1. The summed E-state index contributed by atoms with van der Waals surface area (Å²) in [6.07, 6.45) is 8.97. The third-order valence-corrected chi connectivity index (χ3v) is 5.69. The number of fused-ring (bicyclic) bond motifs is 2. The van der Waals surface area contributed by atoms with E-state index < -0.39 is 0 Å². The first-order valence-corrected chi connectivity index (χ1v) is 8.92. The average Bonchev–Trinajstić information content (AvgIpc) is 3.31. The van der Waals surface area contributed by atoms with Crippen molar-refractivity contribution in [1.29, 1.82) is 0 Å². The Morgan fingerprint density at radius 2 is 1.64 bits per heavy atom. The molecular weight excluding hydrogens is 296 g/mol. The highest BCUT2D eigenvalue weighted by molar-refractivity contribution is 6.30. The van der Waals surface area contributed by atoms with Crippen molar-refractivity contribution in [2.75, 3.05) is 0 Å². The van der Waals surface area contributed by atoms with Crippen molar-refractivity contribution in [2.24, 2.45) is 0 Å². The monoisotopic (exact) mass is 318 g/mol. The molecule has 2 aliphatic heterocycles. The number of nitrogens with zero attached hydrogens (tertiary/aromatic N) is 1. The molecule has 1 amide bonds. The van der Waals surface area contributed by atoms with Gasteiger partial charge < -0.3 is 5.32 Å². The Morgan fingerprint density at radius 3 is 2.23 bits per heavy atom. The first kappa shape index (κ1) is 14.5. The zero-order chi connectivity index (χ0) is 15.1. The summed E-state index contributed by atoms with van der Waals surface area (Å²) in [5.41, 5.74) is 0.708. The van der Waals surface area contributed by atoms with Crippen LogP contribution in [0, 0.1) is 0 Å². The fraction of sp³-hybridized carbons (Fsp3) is 0.611. The van der Waals surface area contributed by atoms with Gasteiger partial charge >= 0.3 is 0 Å². The minimum absolute atomic E-state index is 0.0413. The summed E-state index contributed by atoms with van der Waals surface area (Å²) in [7, 11) is 0. The number of benzene rings is 1. The molecule has 3 aliphatic rings. The molecule has 118 valence electrons. The molecule has 2 bridgehead atoms. The second-order valence-corrected chi connectivity index (χ2v) is 7.50. The molecule has 1 aliphatic carbocycles. The molecule has 2 unspecified atom stereocenters. The predicted molar refractivity (Wildman–Crippen MR) is 88.2 cm³/mol. The van der Waals surface area contributed by atoms with Crippen molar-refractivity contribution in [1.82, 2.24) is 10.2 Å². The van der Waals surface area contributed by atoms with Crippen LogP contribution in [0.25, 0.3) is 0 Å². The van der Waals surface area contributed by atoms with Crippen LogP contribution >= 0.6 is 11.6 Å². The maximum atomic E-state index is 12.4. The number of carbonyl (C=O) groups excluding carboxylic acids is 1. The lowest BCUT2D eigenvalue weighted by Gasteiger charge is -2.49. The number of piperidine rings is 2. The minimum Gasteiger partial charge on any atom is -0.349 e. The minimum atomic E-state index is 0.0413. The van der Waals surface area contributed by atoms with E-state index in [4.69, 9.17) is 11.6 Å². The molecule has 2 heterocycles. The van der Waals surface area contributed by atoms with Gasteiger partial charge in [0.1, 0.15) is 0 Å². The molecule has 3 nitrogen and oxygen atoms in total. The summed E-state index contributed by atoms with van der Waals surface area (Å²) in [5, 5.41) is 3.92. The van der Waals surface area contributed by atoms with Gasteiger partial charge in [-0.3, -0.25) is 9.69 Å². The van der Waals surface area contributed by atoms with Crippen LogP contribution in [0.4, 0.5) is 0 Å². The molecule has 22 heavy (non-hydrogen) atoms. The molecule has 2 atom stereocenters. The SMILES string of the molecule is O=C(NC1CC2CCCC(C1)N2C1CC1)c1ccc(Cl)cc1. The second-order valence-electron chi connectivity index (χ2n) is 7.07. The van der Waals surface area contributed by atoms with E-state index in [9.17, 15) is 4.79 Å². The average molecular weight is 319 g/mol. The van der Waals surface area contributed by atoms with Crippen molar-refractivity contribution in [3.63, 3.8) is 0 Å². The fourth-order valence-electron chi connectivity index (χ4n) is 4.37. The van der Waals surface area contributed by atoms with E-state index in [-0.39, 0.29) is 5.91 Å². The Labute approximate surface area is 137 Å². The van der Waals surface area contributed by atoms with Crippen molar-refractivity contribution in [3.8, 4) is 0 Å². The molecule has 1 aromatic rings. The first-order valence-electron chi connectivity index (χ1n) is 8.54. The molecule has 4 heteroatoms. The number of rotatable bonds is 3. The summed E-state index contributed by atoms with van der Waals surface area (Å²) in [4.78, 5) is 15.2. The third kappa shape index (κ3) is 2.89. The van der Waals surface area contributed by atoms with Crippen LogP contribution in [0.5, 0.6) is 0 Å². The van der Waals surface area contributed by atoms with E-state index in [2.05, 4.69) is 10.2 Å². The van der Waals surface area contributed by atoms with Gasteiger partial charge in [0.2, 0.25) is 0 Å². The van der Waals surface area contributed by atoms with Crippen LogP contribution in [0.2, 0.25) is 5.02 Å². The van der Waals surface area contributed by atoms with Gasteiger partial charge in [0.15, 0.2) is 0 Å². The van der Waals surface area contributed by atoms with Gasteiger partial charge in [-0.05, 0) is 62.8 Å². The maximum Gasteiger partial charge on any atom is 0.251 e. The highest BCUT2D eigenvalue weighted by Crippen LogP contribution is 2.41. The van der Waals surface area contributed by atoms with Crippen LogP contribution in [0.3, 0.4) is 0 Å². The van der Waals surface area contributed by atoms with Gasteiger partial charge in [0.25, 0.3) is 5.91 Å². The number of carbonyl (C=O) groups is 1. The number of halogens is 1. The second kappa shape index (κ2) is 5.86. The van der Waals surface area contributed by atoms with Gasteiger partial charge in [-0.2, -0.15) is 0 Å².